The minimum absolute atomic E-state index is 0.460. The molecule has 0 aromatic heterocycles. The largest absolute Gasteiger partial charge is 0.357 e. The van der Waals surface area contributed by atoms with Gasteiger partial charge < -0.3 is 20.4 Å². The summed E-state index contributed by atoms with van der Waals surface area (Å²) in [5, 5.41) is 7.05. The first-order valence-corrected chi connectivity index (χ1v) is 11.5. The van der Waals surface area contributed by atoms with Crippen molar-refractivity contribution in [3.8, 4) is 0 Å². The molecular formula is C22H47N5. The van der Waals surface area contributed by atoms with E-state index in [1.54, 1.807) is 0 Å². The van der Waals surface area contributed by atoms with Crippen molar-refractivity contribution in [2.75, 3.05) is 52.4 Å². The Labute approximate surface area is 169 Å². The third-order valence-electron chi connectivity index (χ3n) is 5.47. The van der Waals surface area contributed by atoms with Gasteiger partial charge in [-0.05, 0) is 77.5 Å². The Morgan fingerprint density at radius 1 is 1.19 bits per heavy atom. The molecule has 0 bridgehead atoms. The topological polar surface area (TPSA) is 42.9 Å². The monoisotopic (exact) mass is 381 g/mol. The molecule has 5 heteroatoms. The van der Waals surface area contributed by atoms with Crippen LogP contribution in [-0.4, -0.2) is 74.2 Å². The molecule has 27 heavy (non-hydrogen) atoms. The Bertz CT molecular complexity index is 392. The summed E-state index contributed by atoms with van der Waals surface area (Å²) in [5.41, 5.74) is 0. The molecule has 1 saturated heterocycles. The number of hydrogen-bond donors (Lipinski definition) is 2. The van der Waals surface area contributed by atoms with Crippen molar-refractivity contribution in [2.45, 2.75) is 73.3 Å². The summed E-state index contributed by atoms with van der Waals surface area (Å²) in [6, 6.07) is 0.460. The van der Waals surface area contributed by atoms with Crippen LogP contribution >= 0.6 is 0 Å². The number of hydrogen-bond acceptors (Lipinski definition) is 3. The molecule has 1 heterocycles. The quantitative estimate of drug-likeness (QED) is 0.401. The van der Waals surface area contributed by atoms with Crippen LogP contribution in [0, 0.1) is 11.8 Å². The number of piperidine rings is 1. The van der Waals surface area contributed by atoms with Crippen LogP contribution in [0.1, 0.15) is 67.2 Å². The molecule has 0 radical (unpaired) electrons. The molecule has 160 valence electrons. The normalized spacial score (nSPS) is 20.3. The number of aliphatic imine (C=N–C) groups is 1. The van der Waals surface area contributed by atoms with Gasteiger partial charge in [0.05, 0.1) is 0 Å². The lowest BCUT2D eigenvalue weighted by atomic mass is 9.97. The Morgan fingerprint density at radius 2 is 1.93 bits per heavy atom. The van der Waals surface area contributed by atoms with Crippen LogP contribution in [0.5, 0.6) is 0 Å². The van der Waals surface area contributed by atoms with Crippen LogP contribution in [0.4, 0.5) is 0 Å². The van der Waals surface area contributed by atoms with Gasteiger partial charge in [-0.15, -0.1) is 0 Å². The lowest BCUT2D eigenvalue weighted by molar-refractivity contribution is 0.162. The van der Waals surface area contributed by atoms with E-state index in [9.17, 15) is 0 Å². The SMILES string of the molecule is CCNC(=NCC1CCCN(CC(C)C)C1)NC(C)CCCN(CC)CC. The summed E-state index contributed by atoms with van der Waals surface area (Å²) in [4.78, 5) is 10.1. The molecule has 1 fully saturated rings. The second-order valence-electron chi connectivity index (χ2n) is 8.60. The molecule has 1 aliphatic heterocycles. The van der Waals surface area contributed by atoms with Crippen LogP contribution in [-0.2, 0) is 0 Å². The zero-order valence-electron chi connectivity index (χ0n) is 19.1. The highest BCUT2D eigenvalue weighted by Crippen LogP contribution is 2.17. The lowest BCUT2D eigenvalue weighted by Gasteiger charge is -2.33. The van der Waals surface area contributed by atoms with Crippen LogP contribution < -0.4 is 10.6 Å². The lowest BCUT2D eigenvalue weighted by Crippen LogP contribution is -2.43. The van der Waals surface area contributed by atoms with Crippen molar-refractivity contribution < 1.29 is 0 Å². The number of nitrogens with one attached hydrogen (secondary N) is 2. The van der Waals surface area contributed by atoms with Crippen molar-refractivity contribution in [3.63, 3.8) is 0 Å². The molecule has 1 aliphatic rings. The van der Waals surface area contributed by atoms with Crippen molar-refractivity contribution in [1.29, 1.82) is 0 Å². The van der Waals surface area contributed by atoms with E-state index in [2.05, 4.69) is 62.0 Å². The average molecular weight is 382 g/mol. The summed E-state index contributed by atoms with van der Waals surface area (Å²) < 4.78 is 0. The van der Waals surface area contributed by atoms with Crippen molar-refractivity contribution in [1.82, 2.24) is 20.4 Å². The predicted octanol–water partition coefficient (Wildman–Crippen LogP) is 3.42. The molecule has 0 amide bonds. The van der Waals surface area contributed by atoms with E-state index in [1.807, 2.05) is 0 Å². The molecule has 0 spiro atoms. The van der Waals surface area contributed by atoms with E-state index in [4.69, 9.17) is 4.99 Å². The number of likely N-dealkylation sites (tertiary alicyclic amines) is 1. The molecular weight excluding hydrogens is 334 g/mol. The fraction of sp³-hybridized carbons (Fsp3) is 0.955. The van der Waals surface area contributed by atoms with Crippen LogP contribution in [0.25, 0.3) is 0 Å². The Balaban J connectivity index is 2.42. The van der Waals surface area contributed by atoms with Gasteiger partial charge in [-0.3, -0.25) is 4.99 Å². The predicted molar refractivity (Wildman–Crippen MR) is 120 cm³/mol. The second kappa shape index (κ2) is 14.2. The highest BCUT2D eigenvalue weighted by Gasteiger charge is 2.20. The standard InChI is InChI=1S/C22H47N5/c1-7-23-22(25-20(6)12-10-14-26(8-2)9-3)24-16-21-13-11-15-27(18-21)17-19(4)5/h19-21H,7-18H2,1-6H3,(H2,23,24,25). The minimum atomic E-state index is 0.460. The fourth-order valence-electron chi connectivity index (χ4n) is 3.99. The first-order valence-electron chi connectivity index (χ1n) is 11.5. The molecule has 0 aromatic carbocycles. The summed E-state index contributed by atoms with van der Waals surface area (Å²) in [6.07, 6.45) is 5.06. The van der Waals surface area contributed by atoms with Gasteiger partial charge in [0.15, 0.2) is 5.96 Å². The molecule has 0 aliphatic carbocycles. The highest BCUT2D eigenvalue weighted by atomic mass is 15.2. The van der Waals surface area contributed by atoms with Crippen LogP contribution in [0.3, 0.4) is 0 Å². The summed E-state index contributed by atoms with van der Waals surface area (Å²) in [7, 11) is 0. The van der Waals surface area contributed by atoms with Gasteiger partial charge in [0.1, 0.15) is 0 Å². The van der Waals surface area contributed by atoms with E-state index in [-0.39, 0.29) is 0 Å². The zero-order chi connectivity index (χ0) is 20.1. The first kappa shape index (κ1) is 24.2. The van der Waals surface area contributed by atoms with E-state index >= 15 is 0 Å². The van der Waals surface area contributed by atoms with Gasteiger partial charge in [-0.25, -0.2) is 0 Å². The third-order valence-corrected chi connectivity index (χ3v) is 5.47. The van der Waals surface area contributed by atoms with Crippen molar-refractivity contribution in [2.24, 2.45) is 16.8 Å². The van der Waals surface area contributed by atoms with Gasteiger partial charge >= 0.3 is 0 Å². The smallest absolute Gasteiger partial charge is 0.191 e. The molecule has 2 atom stereocenters. The van der Waals surface area contributed by atoms with Gasteiger partial charge in [-0.2, -0.15) is 0 Å². The van der Waals surface area contributed by atoms with Crippen LogP contribution in [0.2, 0.25) is 0 Å². The molecule has 2 unspecified atom stereocenters. The Kier molecular flexibility index (Phi) is 12.8. The molecule has 5 nitrogen and oxygen atoms in total. The molecule has 1 rings (SSSR count). The zero-order valence-corrected chi connectivity index (χ0v) is 19.1. The Hall–Kier alpha value is -0.810. The van der Waals surface area contributed by atoms with Gasteiger partial charge in [-0.1, -0.05) is 27.7 Å². The van der Waals surface area contributed by atoms with E-state index in [0.29, 0.717) is 12.0 Å². The van der Waals surface area contributed by atoms with Gasteiger partial charge in [0.25, 0.3) is 0 Å². The van der Waals surface area contributed by atoms with E-state index in [1.165, 1.54) is 51.9 Å². The van der Waals surface area contributed by atoms with Crippen molar-refractivity contribution >= 4 is 5.96 Å². The summed E-state index contributed by atoms with van der Waals surface area (Å²) >= 11 is 0. The maximum Gasteiger partial charge on any atom is 0.191 e. The first-order chi connectivity index (χ1) is 13.0. The average Bonchev–Trinajstić information content (AvgIpc) is 2.63. The summed E-state index contributed by atoms with van der Waals surface area (Å²) in [6.45, 7) is 22.6. The second-order valence-corrected chi connectivity index (χ2v) is 8.60. The maximum atomic E-state index is 4.92. The number of nitrogens with zero attached hydrogens (tertiary/aromatic N) is 3. The number of guanidine groups is 1. The Morgan fingerprint density at radius 3 is 2.56 bits per heavy atom. The highest BCUT2D eigenvalue weighted by molar-refractivity contribution is 5.80. The van der Waals surface area contributed by atoms with Gasteiger partial charge in [0.2, 0.25) is 0 Å². The van der Waals surface area contributed by atoms with Crippen molar-refractivity contribution in [3.05, 3.63) is 0 Å². The summed E-state index contributed by atoms with van der Waals surface area (Å²) in [5.74, 6) is 2.45. The number of rotatable bonds is 12. The van der Waals surface area contributed by atoms with Gasteiger partial charge in [0, 0.05) is 32.2 Å². The maximum absolute atomic E-state index is 4.92. The molecule has 0 aromatic rings. The van der Waals surface area contributed by atoms with E-state index < -0.39 is 0 Å². The van der Waals surface area contributed by atoms with Crippen LogP contribution in [0.15, 0.2) is 4.99 Å². The minimum Gasteiger partial charge on any atom is -0.357 e. The molecule has 0 saturated carbocycles. The van der Waals surface area contributed by atoms with E-state index in [0.717, 1.165) is 38.1 Å². The third kappa shape index (κ3) is 10.9. The fourth-order valence-corrected chi connectivity index (χ4v) is 3.99. The molecule has 2 N–H and O–H groups in total.